The largest absolute Gasteiger partial charge is 0.461 e. The van der Waals surface area contributed by atoms with Crippen LogP contribution in [0, 0.1) is 0 Å². The molecule has 0 aliphatic rings. The molecule has 0 radical (unpaired) electrons. The number of halogens is 1. The fourth-order valence-electron chi connectivity index (χ4n) is 2.28. The molecule has 5 nitrogen and oxygen atoms in total. The van der Waals surface area contributed by atoms with Gasteiger partial charge in [-0.1, -0.05) is 25.4 Å². The number of rotatable bonds is 7. The number of benzene rings is 1. The number of thioether (sulfide) groups is 1. The van der Waals surface area contributed by atoms with Crippen molar-refractivity contribution in [2.45, 2.75) is 31.6 Å². The first-order valence-corrected chi connectivity index (χ1v) is 9.32. The summed E-state index contributed by atoms with van der Waals surface area (Å²) in [6.07, 6.45) is 1.76. The van der Waals surface area contributed by atoms with E-state index >= 15 is 0 Å². The zero-order valence-corrected chi connectivity index (χ0v) is 15.3. The van der Waals surface area contributed by atoms with Crippen molar-refractivity contribution < 1.29 is 4.74 Å². The second-order valence-corrected chi connectivity index (χ2v) is 6.81. The Morgan fingerprint density at radius 1 is 1.12 bits per heavy atom. The summed E-state index contributed by atoms with van der Waals surface area (Å²) in [4.78, 5) is 10.0. The van der Waals surface area contributed by atoms with Crippen LogP contribution in [-0.4, -0.2) is 31.9 Å². The summed E-state index contributed by atoms with van der Waals surface area (Å²) in [7, 11) is 0. The molecule has 24 heavy (non-hydrogen) atoms. The van der Waals surface area contributed by atoms with Crippen molar-refractivity contribution in [3.8, 4) is 6.01 Å². The van der Waals surface area contributed by atoms with Gasteiger partial charge in [0.15, 0.2) is 0 Å². The van der Waals surface area contributed by atoms with Gasteiger partial charge in [-0.15, -0.1) is 16.9 Å². The van der Waals surface area contributed by atoms with Crippen molar-refractivity contribution in [2.75, 3.05) is 12.4 Å². The van der Waals surface area contributed by atoms with Crippen molar-refractivity contribution in [3.05, 3.63) is 46.7 Å². The van der Waals surface area contributed by atoms with Gasteiger partial charge in [-0.25, -0.2) is 4.98 Å². The number of nitrogens with zero attached hydrogens (tertiary/aromatic N) is 4. The first-order chi connectivity index (χ1) is 11.7. The number of ether oxygens (including phenoxy) is 1. The third kappa shape index (κ3) is 3.99. The highest BCUT2D eigenvalue weighted by molar-refractivity contribution is 7.99. The number of aromatic nitrogens is 4. The van der Waals surface area contributed by atoms with Gasteiger partial charge in [-0.05, 0) is 43.2 Å². The van der Waals surface area contributed by atoms with E-state index in [0.717, 1.165) is 39.9 Å². The minimum Gasteiger partial charge on any atom is -0.461 e. The molecule has 126 valence electrons. The van der Waals surface area contributed by atoms with Crippen molar-refractivity contribution in [1.82, 2.24) is 19.6 Å². The van der Waals surface area contributed by atoms with Gasteiger partial charge in [0.1, 0.15) is 6.61 Å². The second kappa shape index (κ2) is 7.85. The van der Waals surface area contributed by atoms with Crippen molar-refractivity contribution in [2.24, 2.45) is 0 Å². The van der Waals surface area contributed by atoms with E-state index in [-0.39, 0.29) is 0 Å². The molecule has 0 aliphatic carbocycles. The molecule has 0 amide bonds. The molecule has 0 bridgehead atoms. The minimum atomic E-state index is 0.377. The highest BCUT2D eigenvalue weighted by Gasteiger charge is 2.10. The van der Waals surface area contributed by atoms with Crippen LogP contribution in [0.15, 0.2) is 35.2 Å². The first-order valence-electron chi connectivity index (χ1n) is 7.96. The summed E-state index contributed by atoms with van der Waals surface area (Å²) in [5.74, 6) is 1.41. The molecule has 1 aromatic carbocycles. The van der Waals surface area contributed by atoms with Crippen LogP contribution in [0.25, 0.3) is 5.78 Å². The lowest BCUT2D eigenvalue weighted by atomic mass is 10.2. The van der Waals surface area contributed by atoms with E-state index in [1.54, 1.807) is 16.3 Å². The van der Waals surface area contributed by atoms with Crippen molar-refractivity contribution in [1.29, 1.82) is 0 Å². The van der Waals surface area contributed by atoms with Crippen LogP contribution in [0.5, 0.6) is 6.01 Å². The smallest absolute Gasteiger partial charge is 0.337 e. The summed E-state index contributed by atoms with van der Waals surface area (Å²) in [5.41, 5.74) is 2.12. The van der Waals surface area contributed by atoms with Crippen LogP contribution >= 0.6 is 23.4 Å². The maximum Gasteiger partial charge on any atom is 0.337 e. The zero-order valence-electron chi connectivity index (χ0n) is 13.7. The van der Waals surface area contributed by atoms with E-state index in [1.165, 1.54) is 0 Å². The van der Waals surface area contributed by atoms with Gasteiger partial charge in [0.05, 0.1) is 0 Å². The first kappa shape index (κ1) is 17.0. The highest BCUT2D eigenvalue weighted by Crippen LogP contribution is 2.20. The average Bonchev–Trinajstić information content (AvgIpc) is 3.02. The van der Waals surface area contributed by atoms with E-state index in [9.17, 15) is 0 Å². The standard InChI is InChI=1S/C17H19ClN4OS/c1-3-13-11-14(4-2)22-16(19-13)20-17(21-22)23-9-10-24-15-7-5-12(18)6-8-15/h5-8,11H,3-4,9-10H2,1-2H3. The molecule has 0 unspecified atom stereocenters. The topological polar surface area (TPSA) is 52.3 Å². The molecule has 3 rings (SSSR count). The molecule has 2 aromatic heterocycles. The Balaban J connectivity index is 1.62. The Labute approximate surface area is 150 Å². The summed E-state index contributed by atoms with van der Waals surface area (Å²) < 4.78 is 7.44. The Hall–Kier alpha value is -1.79. The number of aryl methyl sites for hydroxylation is 2. The Kier molecular flexibility index (Phi) is 5.58. The van der Waals surface area contributed by atoms with E-state index in [1.807, 2.05) is 24.3 Å². The van der Waals surface area contributed by atoms with Gasteiger partial charge >= 0.3 is 6.01 Å². The van der Waals surface area contributed by atoms with Crippen LogP contribution < -0.4 is 4.74 Å². The predicted molar refractivity (Wildman–Crippen MR) is 97.2 cm³/mol. The van der Waals surface area contributed by atoms with Crippen LogP contribution in [0.3, 0.4) is 0 Å². The van der Waals surface area contributed by atoms with Crippen LogP contribution in [0.4, 0.5) is 0 Å². The van der Waals surface area contributed by atoms with Crippen molar-refractivity contribution >= 4 is 29.1 Å². The van der Waals surface area contributed by atoms with Crippen LogP contribution in [0.2, 0.25) is 5.02 Å². The number of hydrogen-bond donors (Lipinski definition) is 0. The van der Waals surface area contributed by atoms with E-state index in [2.05, 4.69) is 35.0 Å². The van der Waals surface area contributed by atoms with Crippen LogP contribution in [-0.2, 0) is 12.8 Å². The Morgan fingerprint density at radius 2 is 1.92 bits per heavy atom. The second-order valence-electron chi connectivity index (χ2n) is 5.20. The third-order valence-electron chi connectivity index (χ3n) is 3.54. The molecule has 0 saturated heterocycles. The lowest BCUT2D eigenvalue weighted by molar-refractivity contribution is 0.316. The van der Waals surface area contributed by atoms with E-state index in [0.29, 0.717) is 18.4 Å². The van der Waals surface area contributed by atoms with Gasteiger partial charge in [0.2, 0.25) is 0 Å². The molecular formula is C17H19ClN4OS. The van der Waals surface area contributed by atoms with Gasteiger partial charge in [0.25, 0.3) is 5.78 Å². The van der Waals surface area contributed by atoms with Gasteiger partial charge < -0.3 is 4.74 Å². The zero-order chi connectivity index (χ0) is 16.9. The normalized spacial score (nSPS) is 11.1. The monoisotopic (exact) mass is 362 g/mol. The lowest BCUT2D eigenvalue weighted by Gasteiger charge is -2.03. The number of hydrogen-bond acceptors (Lipinski definition) is 5. The average molecular weight is 363 g/mol. The fourth-order valence-corrected chi connectivity index (χ4v) is 3.14. The summed E-state index contributed by atoms with van der Waals surface area (Å²) in [5, 5.41) is 5.15. The summed E-state index contributed by atoms with van der Waals surface area (Å²) in [6, 6.07) is 10.2. The molecule has 0 aliphatic heterocycles. The van der Waals surface area contributed by atoms with Gasteiger partial charge in [-0.3, -0.25) is 0 Å². The maximum absolute atomic E-state index is 5.88. The third-order valence-corrected chi connectivity index (χ3v) is 4.77. The molecule has 0 atom stereocenters. The van der Waals surface area contributed by atoms with Crippen molar-refractivity contribution in [3.63, 3.8) is 0 Å². The summed E-state index contributed by atoms with van der Waals surface area (Å²) >= 11 is 7.59. The summed E-state index contributed by atoms with van der Waals surface area (Å²) in [6.45, 7) is 4.71. The highest BCUT2D eigenvalue weighted by atomic mass is 35.5. The molecule has 3 aromatic rings. The lowest BCUT2D eigenvalue weighted by Crippen LogP contribution is -2.03. The SMILES string of the molecule is CCc1cc(CC)n2nc(OCCSc3ccc(Cl)cc3)nc2n1. The fraction of sp³-hybridized carbons (Fsp3) is 0.353. The molecule has 2 heterocycles. The van der Waals surface area contributed by atoms with E-state index < -0.39 is 0 Å². The molecular weight excluding hydrogens is 344 g/mol. The molecule has 7 heteroatoms. The maximum atomic E-state index is 5.88. The molecule has 0 saturated carbocycles. The Morgan fingerprint density at radius 3 is 2.62 bits per heavy atom. The van der Waals surface area contributed by atoms with Crippen LogP contribution in [0.1, 0.15) is 25.2 Å². The molecule has 0 N–H and O–H groups in total. The number of fused-ring (bicyclic) bond motifs is 1. The molecule has 0 fully saturated rings. The van der Waals surface area contributed by atoms with Gasteiger partial charge in [0, 0.05) is 27.1 Å². The Bertz CT molecular complexity index is 819. The quantitative estimate of drug-likeness (QED) is 0.468. The predicted octanol–water partition coefficient (Wildman–Crippen LogP) is 4.07. The van der Waals surface area contributed by atoms with E-state index in [4.69, 9.17) is 16.3 Å². The minimum absolute atomic E-state index is 0.377. The van der Waals surface area contributed by atoms with Gasteiger partial charge in [-0.2, -0.15) is 9.50 Å². The molecule has 0 spiro atoms.